The third kappa shape index (κ3) is 4.33. The molecule has 1 saturated heterocycles. The number of rotatable bonds is 5. The molecule has 1 aliphatic heterocycles. The van der Waals surface area contributed by atoms with Crippen molar-refractivity contribution >= 4 is 40.1 Å². The topological polar surface area (TPSA) is 62.1 Å². The molecular weight excluding hydrogens is 410 g/mol. The lowest BCUT2D eigenvalue weighted by Gasteiger charge is -2.34. The van der Waals surface area contributed by atoms with Crippen LogP contribution in [0.2, 0.25) is 5.02 Å². The van der Waals surface area contributed by atoms with Gasteiger partial charge in [0.2, 0.25) is 5.95 Å². The van der Waals surface area contributed by atoms with Crippen molar-refractivity contribution in [1.82, 2.24) is 24.6 Å². The van der Waals surface area contributed by atoms with E-state index in [1.54, 1.807) is 10.9 Å². The van der Waals surface area contributed by atoms with Crippen LogP contribution in [-0.2, 0) is 13.6 Å². The maximum absolute atomic E-state index is 6.16. The number of nitrogens with one attached hydrogen (secondary N) is 1. The summed E-state index contributed by atoms with van der Waals surface area (Å²) in [4.78, 5) is 14.4. The number of hydrogen-bond acceptors (Lipinski definition) is 6. The molecule has 0 aliphatic carbocycles. The molecule has 7 nitrogen and oxygen atoms in total. The summed E-state index contributed by atoms with van der Waals surface area (Å²) in [5.41, 5.74) is 3.03. The van der Waals surface area contributed by atoms with Gasteiger partial charge in [-0.2, -0.15) is 15.1 Å². The van der Waals surface area contributed by atoms with Gasteiger partial charge in [0.15, 0.2) is 5.65 Å². The van der Waals surface area contributed by atoms with Crippen molar-refractivity contribution in [3.8, 4) is 0 Å². The summed E-state index contributed by atoms with van der Waals surface area (Å²) in [5.74, 6) is 1.46. The second kappa shape index (κ2) is 8.53. The first-order valence-electron chi connectivity index (χ1n) is 10.4. The first kappa shape index (κ1) is 19.8. The van der Waals surface area contributed by atoms with Crippen LogP contribution in [0.15, 0.2) is 60.8 Å². The van der Waals surface area contributed by atoms with Crippen LogP contribution in [0, 0.1) is 0 Å². The number of nitrogens with zero attached hydrogens (tertiary/aromatic N) is 6. The number of hydrogen-bond donors (Lipinski definition) is 1. The molecule has 5 rings (SSSR count). The van der Waals surface area contributed by atoms with Gasteiger partial charge >= 0.3 is 0 Å². The molecule has 1 N–H and O–H groups in total. The molecule has 0 spiro atoms. The Kier molecular flexibility index (Phi) is 5.44. The van der Waals surface area contributed by atoms with Gasteiger partial charge < -0.3 is 10.2 Å². The van der Waals surface area contributed by atoms with Crippen molar-refractivity contribution < 1.29 is 0 Å². The van der Waals surface area contributed by atoms with Crippen LogP contribution >= 0.6 is 11.6 Å². The van der Waals surface area contributed by atoms with Gasteiger partial charge in [-0.1, -0.05) is 48.0 Å². The quantitative estimate of drug-likeness (QED) is 0.511. The summed E-state index contributed by atoms with van der Waals surface area (Å²) >= 11 is 6.16. The highest BCUT2D eigenvalue weighted by atomic mass is 35.5. The van der Waals surface area contributed by atoms with Crippen LogP contribution in [0.5, 0.6) is 0 Å². The Balaban J connectivity index is 1.37. The van der Waals surface area contributed by atoms with Gasteiger partial charge in [-0.25, -0.2) is 0 Å². The summed E-state index contributed by atoms with van der Waals surface area (Å²) in [7, 11) is 1.90. The Morgan fingerprint density at radius 1 is 0.968 bits per heavy atom. The Hall–Kier alpha value is -3.16. The van der Waals surface area contributed by atoms with Gasteiger partial charge in [-0.15, -0.1) is 0 Å². The van der Waals surface area contributed by atoms with E-state index in [0.717, 1.165) is 61.2 Å². The van der Waals surface area contributed by atoms with Crippen LogP contribution in [0.4, 0.5) is 17.5 Å². The number of fused-ring (bicyclic) bond motifs is 1. The van der Waals surface area contributed by atoms with Gasteiger partial charge in [0.1, 0.15) is 5.82 Å². The number of benzene rings is 2. The molecule has 31 heavy (non-hydrogen) atoms. The molecule has 0 atom stereocenters. The van der Waals surface area contributed by atoms with Crippen molar-refractivity contribution in [1.29, 1.82) is 0 Å². The summed E-state index contributed by atoms with van der Waals surface area (Å²) in [5, 5.41) is 9.34. The molecule has 1 fully saturated rings. The van der Waals surface area contributed by atoms with E-state index >= 15 is 0 Å². The molecule has 0 unspecified atom stereocenters. The molecule has 2 aromatic carbocycles. The maximum Gasteiger partial charge on any atom is 0.229 e. The zero-order valence-corrected chi connectivity index (χ0v) is 18.1. The van der Waals surface area contributed by atoms with E-state index in [-0.39, 0.29) is 0 Å². The maximum atomic E-state index is 6.16. The molecule has 0 saturated carbocycles. The summed E-state index contributed by atoms with van der Waals surface area (Å²) in [6.07, 6.45) is 1.80. The predicted octanol–water partition coefficient (Wildman–Crippen LogP) is 4.08. The molecule has 0 bridgehead atoms. The first-order valence-corrected chi connectivity index (χ1v) is 10.8. The van der Waals surface area contributed by atoms with Gasteiger partial charge in [-0.3, -0.25) is 9.58 Å². The number of anilines is 3. The molecule has 8 heteroatoms. The molecule has 1 aliphatic rings. The van der Waals surface area contributed by atoms with E-state index in [2.05, 4.69) is 50.5 Å². The molecule has 0 amide bonds. The minimum absolute atomic E-state index is 0.677. The summed E-state index contributed by atoms with van der Waals surface area (Å²) in [6.45, 7) is 4.68. The van der Waals surface area contributed by atoms with Crippen molar-refractivity contribution in [2.75, 3.05) is 36.4 Å². The van der Waals surface area contributed by atoms with Crippen LogP contribution in [0.25, 0.3) is 11.0 Å². The Morgan fingerprint density at radius 3 is 2.55 bits per heavy atom. The zero-order chi connectivity index (χ0) is 21.2. The fourth-order valence-corrected chi connectivity index (χ4v) is 4.09. The van der Waals surface area contributed by atoms with Gasteiger partial charge in [0, 0.05) is 50.5 Å². The van der Waals surface area contributed by atoms with Crippen LogP contribution < -0.4 is 10.2 Å². The van der Waals surface area contributed by atoms with Crippen LogP contribution in [0.3, 0.4) is 0 Å². The number of aryl methyl sites for hydroxylation is 1. The minimum Gasteiger partial charge on any atom is -0.339 e. The highest BCUT2D eigenvalue weighted by Gasteiger charge is 2.21. The fraction of sp³-hybridized carbons (Fsp3) is 0.261. The number of halogens is 1. The van der Waals surface area contributed by atoms with Gasteiger partial charge in [0.05, 0.1) is 11.6 Å². The van der Waals surface area contributed by atoms with Gasteiger partial charge in [0.25, 0.3) is 0 Å². The second-order valence-corrected chi connectivity index (χ2v) is 8.20. The van der Waals surface area contributed by atoms with Crippen molar-refractivity contribution in [2.24, 2.45) is 7.05 Å². The smallest absolute Gasteiger partial charge is 0.229 e. The van der Waals surface area contributed by atoms with E-state index < -0.39 is 0 Å². The molecule has 3 heterocycles. The lowest BCUT2D eigenvalue weighted by Crippen LogP contribution is -2.46. The highest BCUT2D eigenvalue weighted by molar-refractivity contribution is 6.30. The van der Waals surface area contributed by atoms with E-state index in [9.17, 15) is 0 Å². The van der Waals surface area contributed by atoms with Crippen LogP contribution in [-0.4, -0.2) is 50.8 Å². The molecule has 158 valence electrons. The normalized spacial score (nSPS) is 14.8. The molecule has 2 aromatic heterocycles. The first-order chi connectivity index (χ1) is 15.2. The average molecular weight is 434 g/mol. The van der Waals surface area contributed by atoms with E-state index in [4.69, 9.17) is 21.6 Å². The summed E-state index contributed by atoms with van der Waals surface area (Å²) < 4.78 is 1.79. The van der Waals surface area contributed by atoms with E-state index in [0.29, 0.717) is 5.02 Å². The zero-order valence-electron chi connectivity index (χ0n) is 17.4. The Bertz CT molecular complexity index is 1180. The second-order valence-electron chi connectivity index (χ2n) is 7.76. The summed E-state index contributed by atoms with van der Waals surface area (Å²) in [6, 6.07) is 18.2. The third-order valence-electron chi connectivity index (χ3n) is 5.57. The van der Waals surface area contributed by atoms with Crippen molar-refractivity contribution in [3.05, 3.63) is 71.4 Å². The molecule has 4 aromatic rings. The van der Waals surface area contributed by atoms with E-state index in [1.165, 1.54) is 5.56 Å². The number of piperazine rings is 1. The fourth-order valence-electron chi connectivity index (χ4n) is 3.90. The monoisotopic (exact) mass is 433 g/mol. The SMILES string of the molecule is Cn1ncc2c(Nc3cccc(Cl)c3)nc(N3CCN(Cc4ccccc4)CC3)nc21. The standard InChI is InChI=1S/C23H24ClN7/c1-29-22-20(15-25-29)21(26-19-9-5-8-18(24)14-19)27-23(28-22)31-12-10-30(11-13-31)16-17-6-3-2-4-7-17/h2-9,14-15H,10-13,16H2,1H3,(H,26,27,28). The lowest BCUT2D eigenvalue weighted by atomic mass is 10.2. The minimum atomic E-state index is 0.677. The lowest BCUT2D eigenvalue weighted by molar-refractivity contribution is 0.249. The number of aromatic nitrogens is 4. The Labute approximate surface area is 186 Å². The Morgan fingerprint density at radius 2 is 1.77 bits per heavy atom. The highest BCUT2D eigenvalue weighted by Crippen LogP contribution is 2.27. The molecular formula is C23H24ClN7. The predicted molar refractivity (Wildman–Crippen MR) is 125 cm³/mol. The average Bonchev–Trinajstić information content (AvgIpc) is 3.16. The largest absolute Gasteiger partial charge is 0.339 e. The van der Waals surface area contributed by atoms with Crippen molar-refractivity contribution in [2.45, 2.75) is 6.54 Å². The van der Waals surface area contributed by atoms with E-state index in [1.807, 2.05) is 31.3 Å². The molecule has 0 radical (unpaired) electrons. The van der Waals surface area contributed by atoms with Gasteiger partial charge in [-0.05, 0) is 23.8 Å². The van der Waals surface area contributed by atoms with Crippen molar-refractivity contribution in [3.63, 3.8) is 0 Å². The van der Waals surface area contributed by atoms with Crippen LogP contribution in [0.1, 0.15) is 5.56 Å². The third-order valence-corrected chi connectivity index (χ3v) is 5.81.